The summed E-state index contributed by atoms with van der Waals surface area (Å²) >= 11 is 0. The van der Waals surface area contributed by atoms with Gasteiger partial charge in [0, 0.05) is 25.5 Å². The Balaban J connectivity index is 1.82. The molecule has 0 saturated carbocycles. The van der Waals surface area contributed by atoms with Crippen LogP contribution in [0.15, 0.2) is 36.5 Å². The molecule has 0 bridgehead atoms. The number of benzene rings is 1. The van der Waals surface area contributed by atoms with E-state index in [1.165, 1.54) is 0 Å². The molecule has 1 aromatic carbocycles. The van der Waals surface area contributed by atoms with E-state index in [9.17, 15) is 4.79 Å². The van der Waals surface area contributed by atoms with E-state index in [4.69, 9.17) is 5.73 Å². The Hall–Kier alpha value is -2.30. The Morgan fingerprint density at radius 2 is 2.06 bits per heavy atom. The molecule has 5 nitrogen and oxygen atoms in total. The lowest BCUT2D eigenvalue weighted by Gasteiger charge is -2.04. The predicted molar refractivity (Wildman–Crippen MR) is 70.1 cm³/mol. The maximum Gasteiger partial charge on any atom is 0.271 e. The molecule has 0 spiro atoms. The Morgan fingerprint density at radius 1 is 1.33 bits per heavy atom. The second kappa shape index (κ2) is 5.35. The van der Waals surface area contributed by atoms with E-state index in [-0.39, 0.29) is 5.91 Å². The molecule has 5 heteroatoms. The first-order valence-corrected chi connectivity index (χ1v) is 5.77. The minimum Gasteiger partial charge on any atom is -0.399 e. The number of nitrogen functional groups attached to an aromatic ring is 1. The summed E-state index contributed by atoms with van der Waals surface area (Å²) in [6, 6.07) is 9.33. The number of rotatable bonds is 4. The summed E-state index contributed by atoms with van der Waals surface area (Å²) in [5, 5.41) is 6.87. The van der Waals surface area contributed by atoms with Gasteiger partial charge in [-0.2, -0.15) is 5.10 Å². The van der Waals surface area contributed by atoms with Crippen molar-refractivity contribution in [2.75, 3.05) is 12.3 Å². The van der Waals surface area contributed by atoms with Gasteiger partial charge in [0.25, 0.3) is 5.91 Å². The second-order valence-electron chi connectivity index (χ2n) is 4.12. The van der Waals surface area contributed by atoms with Crippen LogP contribution in [0.3, 0.4) is 0 Å². The summed E-state index contributed by atoms with van der Waals surface area (Å²) < 4.78 is 1.61. The lowest BCUT2D eigenvalue weighted by molar-refractivity contribution is 0.0948. The van der Waals surface area contributed by atoms with Crippen molar-refractivity contribution in [3.05, 3.63) is 47.8 Å². The van der Waals surface area contributed by atoms with E-state index in [1.54, 1.807) is 24.0 Å². The van der Waals surface area contributed by atoms with E-state index < -0.39 is 0 Å². The van der Waals surface area contributed by atoms with Gasteiger partial charge in [-0.05, 0) is 30.2 Å². The first kappa shape index (κ1) is 12.2. The molecule has 2 aromatic rings. The lowest BCUT2D eigenvalue weighted by atomic mass is 10.1. The van der Waals surface area contributed by atoms with Gasteiger partial charge in [0.15, 0.2) is 0 Å². The third-order valence-corrected chi connectivity index (χ3v) is 2.63. The number of anilines is 1. The predicted octanol–water partition coefficient (Wildman–Crippen LogP) is 0.975. The number of carbonyl (C=O) groups excluding carboxylic acids is 1. The highest BCUT2D eigenvalue weighted by atomic mass is 16.1. The average Bonchev–Trinajstić information content (AvgIpc) is 2.78. The normalized spacial score (nSPS) is 10.3. The molecule has 0 saturated heterocycles. The smallest absolute Gasteiger partial charge is 0.271 e. The molecule has 1 amide bonds. The van der Waals surface area contributed by atoms with Crippen LogP contribution in [0.4, 0.5) is 5.69 Å². The Morgan fingerprint density at radius 3 is 2.67 bits per heavy atom. The largest absolute Gasteiger partial charge is 0.399 e. The van der Waals surface area contributed by atoms with Gasteiger partial charge in [0.2, 0.25) is 0 Å². The van der Waals surface area contributed by atoms with Crippen molar-refractivity contribution in [2.45, 2.75) is 6.42 Å². The SMILES string of the molecule is Cn1ccc(C(=O)NCCc2ccc(N)cc2)n1. The fourth-order valence-electron chi connectivity index (χ4n) is 1.63. The Bertz CT molecular complexity index is 530. The molecule has 3 N–H and O–H groups in total. The van der Waals surface area contributed by atoms with Crippen molar-refractivity contribution in [2.24, 2.45) is 7.05 Å². The number of aryl methyl sites for hydroxylation is 1. The zero-order chi connectivity index (χ0) is 13.0. The molecule has 0 aliphatic carbocycles. The molecule has 0 aliphatic rings. The number of hydrogen-bond donors (Lipinski definition) is 2. The number of aromatic nitrogens is 2. The number of nitrogens with zero attached hydrogens (tertiary/aromatic N) is 2. The van der Waals surface area contributed by atoms with Crippen molar-refractivity contribution in [1.29, 1.82) is 0 Å². The number of amides is 1. The van der Waals surface area contributed by atoms with Crippen molar-refractivity contribution in [1.82, 2.24) is 15.1 Å². The van der Waals surface area contributed by atoms with E-state index in [2.05, 4.69) is 10.4 Å². The number of nitrogens with two attached hydrogens (primary N) is 1. The molecule has 0 atom stereocenters. The van der Waals surface area contributed by atoms with Gasteiger partial charge in [-0.15, -0.1) is 0 Å². The van der Waals surface area contributed by atoms with Gasteiger partial charge in [-0.25, -0.2) is 0 Å². The molecule has 0 radical (unpaired) electrons. The minimum absolute atomic E-state index is 0.147. The van der Waals surface area contributed by atoms with E-state index in [0.29, 0.717) is 12.2 Å². The van der Waals surface area contributed by atoms with Crippen LogP contribution in [0, 0.1) is 0 Å². The van der Waals surface area contributed by atoms with Gasteiger partial charge in [-0.3, -0.25) is 9.48 Å². The fraction of sp³-hybridized carbons (Fsp3) is 0.231. The topological polar surface area (TPSA) is 72.9 Å². The van der Waals surface area contributed by atoms with E-state index >= 15 is 0 Å². The van der Waals surface area contributed by atoms with Crippen LogP contribution < -0.4 is 11.1 Å². The Labute approximate surface area is 106 Å². The van der Waals surface area contributed by atoms with Gasteiger partial charge in [0.05, 0.1) is 0 Å². The summed E-state index contributed by atoms with van der Waals surface area (Å²) in [7, 11) is 1.78. The van der Waals surface area contributed by atoms with Crippen LogP contribution in [-0.2, 0) is 13.5 Å². The number of hydrogen-bond acceptors (Lipinski definition) is 3. The molecule has 0 aliphatic heterocycles. The number of nitrogens with one attached hydrogen (secondary N) is 1. The third kappa shape index (κ3) is 3.10. The highest BCUT2D eigenvalue weighted by molar-refractivity contribution is 5.92. The highest BCUT2D eigenvalue weighted by Gasteiger charge is 2.07. The highest BCUT2D eigenvalue weighted by Crippen LogP contribution is 2.05. The fourth-order valence-corrected chi connectivity index (χ4v) is 1.63. The van der Waals surface area contributed by atoms with Crippen molar-refractivity contribution < 1.29 is 4.79 Å². The van der Waals surface area contributed by atoms with Crippen LogP contribution in [0.25, 0.3) is 0 Å². The van der Waals surface area contributed by atoms with Gasteiger partial charge >= 0.3 is 0 Å². The summed E-state index contributed by atoms with van der Waals surface area (Å²) in [6.07, 6.45) is 2.52. The quantitative estimate of drug-likeness (QED) is 0.787. The van der Waals surface area contributed by atoms with Gasteiger partial charge in [0.1, 0.15) is 5.69 Å². The molecular weight excluding hydrogens is 228 g/mol. The molecular formula is C13H16N4O. The first-order valence-electron chi connectivity index (χ1n) is 5.77. The molecule has 1 heterocycles. The summed E-state index contributed by atoms with van der Waals surface area (Å²) in [5.41, 5.74) is 7.93. The summed E-state index contributed by atoms with van der Waals surface area (Å²) in [4.78, 5) is 11.7. The zero-order valence-corrected chi connectivity index (χ0v) is 10.3. The molecule has 1 aromatic heterocycles. The van der Waals surface area contributed by atoms with Crippen LogP contribution in [-0.4, -0.2) is 22.2 Å². The zero-order valence-electron chi connectivity index (χ0n) is 10.3. The van der Waals surface area contributed by atoms with Gasteiger partial charge in [-0.1, -0.05) is 12.1 Å². The maximum absolute atomic E-state index is 11.7. The van der Waals surface area contributed by atoms with Crippen LogP contribution in [0.2, 0.25) is 0 Å². The van der Waals surface area contributed by atoms with E-state index in [0.717, 1.165) is 17.7 Å². The van der Waals surface area contributed by atoms with Crippen LogP contribution in [0.5, 0.6) is 0 Å². The lowest BCUT2D eigenvalue weighted by Crippen LogP contribution is -2.26. The number of carbonyl (C=O) groups is 1. The van der Waals surface area contributed by atoms with Crippen molar-refractivity contribution in [3.8, 4) is 0 Å². The molecule has 94 valence electrons. The monoisotopic (exact) mass is 244 g/mol. The summed E-state index contributed by atoms with van der Waals surface area (Å²) in [5.74, 6) is -0.147. The molecule has 0 unspecified atom stereocenters. The average molecular weight is 244 g/mol. The molecule has 18 heavy (non-hydrogen) atoms. The Kier molecular flexibility index (Phi) is 3.62. The summed E-state index contributed by atoms with van der Waals surface area (Å²) in [6.45, 7) is 0.583. The van der Waals surface area contributed by atoms with Gasteiger partial charge < -0.3 is 11.1 Å². The minimum atomic E-state index is -0.147. The standard InChI is InChI=1S/C13H16N4O/c1-17-9-7-12(16-17)13(18)15-8-6-10-2-4-11(14)5-3-10/h2-5,7,9H,6,8,14H2,1H3,(H,15,18). The second-order valence-corrected chi connectivity index (χ2v) is 4.12. The van der Waals surface area contributed by atoms with Crippen LogP contribution >= 0.6 is 0 Å². The van der Waals surface area contributed by atoms with E-state index in [1.807, 2.05) is 24.3 Å². The maximum atomic E-state index is 11.7. The van der Waals surface area contributed by atoms with Crippen LogP contribution in [0.1, 0.15) is 16.1 Å². The molecule has 2 rings (SSSR count). The third-order valence-electron chi connectivity index (χ3n) is 2.63. The first-order chi connectivity index (χ1) is 8.65. The molecule has 0 fully saturated rings. The van der Waals surface area contributed by atoms with Crippen molar-refractivity contribution in [3.63, 3.8) is 0 Å². The van der Waals surface area contributed by atoms with Crippen molar-refractivity contribution >= 4 is 11.6 Å².